The van der Waals surface area contributed by atoms with E-state index in [0.29, 0.717) is 55.5 Å². The van der Waals surface area contributed by atoms with Gasteiger partial charge in [-0.15, -0.1) is 0 Å². The van der Waals surface area contributed by atoms with Gasteiger partial charge < -0.3 is 14.8 Å². The number of hydrogen-bond donors (Lipinski definition) is 2. The molecular formula is C27H22F3N3O3. The van der Waals surface area contributed by atoms with E-state index in [1.807, 2.05) is 0 Å². The molecule has 9 heteroatoms. The number of hydrogen-bond acceptors (Lipinski definition) is 4. The molecule has 0 atom stereocenters. The van der Waals surface area contributed by atoms with E-state index < -0.39 is 28.8 Å². The molecule has 7 rings (SSSR count). The molecule has 4 aromatic rings. The predicted octanol–water partition coefficient (Wildman–Crippen LogP) is 6.27. The second-order valence-corrected chi connectivity index (χ2v) is 9.79. The van der Waals surface area contributed by atoms with Crippen molar-refractivity contribution in [3.63, 3.8) is 0 Å². The lowest BCUT2D eigenvalue weighted by molar-refractivity contribution is -0.162. The fourth-order valence-corrected chi connectivity index (χ4v) is 5.49. The van der Waals surface area contributed by atoms with Crippen molar-refractivity contribution in [3.05, 3.63) is 66.1 Å². The first kappa shape index (κ1) is 22.6. The maximum Gasteiger partial charge on any atom is 0.309 e. The highest BCUT2D eigenvalue weighted by Gasteiger charge is 2.54. The highest BCUT2D eigenvalue weighted by molar-refractivity contribution is 5.80. The second kappa shape index (κ2) is 8.08. The van der Waals surface area contributed by atoms with E-state index in [0.717, 1.165) is 6.07 Å². The Balaban J connectivity index is 1.20. The van der Waals surface area contributed by atoms with E-state index in [9.17, 15) is 23.1 Å². The number of benzene rings is 2. The topological polar surface area (TPSA) is 88.1 Å². The summed E-state index contributed by atoms with van der Waals surface area (Å²) in [5, 5.41) is 9.57. The molecular weight excluding hydrogens is 471 g/mol. The van der Waals surface area contributed by atoms with Gasteiger partial charge in [0.15, 0.2) is 11.6 Å². The van der Waals surface area contributed by atoms with Crippen LogP contribution in [0.3, 0.4) is 0 Å². The Kier molecular flexibility index (Phi) is 5.07. The van der Waals surface area contributed by atoms with Gasteiger partial charge in [0.05, 0.1) is 16.5 Å². The second-order valence-electron chi connectivity index (χ2n) is 9.79. The summed E-state index contributed by atoms with van der Waals surface area (Å²) in [6.07, 6.45) is 5.50. The Morgan fingerprint density at radius 3 is 2.28 bits per heavy atom. The minimum Gasteiger partial charge on any atom is -0.481 e. The average Bonchev–Trinajstić information content (AvgIpc) is 3.32. The van der Waals surface area contributed by atoms with Gasteiger partial charge in [-0.1, -0.05) is 6.07 Å². The zero-order valence-electron chi connectivity index (χ0n) is 19.2. The van der Waals surface area contributed by atoms with Crippen molar-refractivity contribution in [2.24, 2.45) is 5.41 Å². The molecule has 6 nitrogen and oxygen atoms in total. The molecule has 184 valence electrons. The van der Waals surface area contributed by atoms with Crippen LogP contribution in [0.5, 0.6) is 5.88 Å². The first-order chi connectivity index (χ1) is 17.3. The molecule has 0 amide bonds. The SMILES string of the molecule is O=C(O)C12CCC(Oc3ccc(-c4ccc(-c5nc6c(F)c(F)ccc6[nH]5)c(F)c4)cn3)(CC1)CC2. The molecule has 0 unspecified atom stereocenters. The number of halogens is 3. The molecule has 2 aromatic heterocycles. The van der Waals surface area contributed by atoms with Gasteiger partial charge in [-0.05, 0) is 74.4 Å². The number of pyridine rings is 1. The molecule has 2 N–H and O–H groups in total. The van der Waals surface area contributed by atoms with E-state index >= 15 is 0 Å². The summed E-state index contributed by atoms with van der Waals surface area (Å²) in [7, 11) is 0. The molecule has 0 aliphatic heterocycles. The van der Waals surface area contributed by atoms with Crippen LogP contribution in [0.25, 0.3) is 33.5 Å². The minimum absolute atomic E-state index is 0.103. The van der Waals surface area contributed by atoms with Crippen LogP contribution in [0.15, 0.2) is 48.7 Å². The van der Waals surface area contributed by atoms with E-state index in [-0.39, 0.29) is 28.0 Å². The maximum atomic E-state index is 15.0. The first-order valence-corrected chi connectivity index (χ1v) is 11.8. The third kappa shape index (κ3) is 3.61. The van der Waals surface area contributed by atoms with Crippen LogP contribution in [0, 0.1) is 22.9 Å². The fourth-order valence-electron chi connectivity index (χ4n) is 5.49. The number of carboxylic acid groups (broad SMARTS) is 1. The number of fused-ring (bicyclic) bond motifs is 4. The number of H-pyrrole nitrogens is 1. The number of carboxylic acids is 1. The van der Waals surface area contributed by atoms with Gasteiger partial charge in [0, 0.05) is 17.8 Å². The summed E-state index contributed by atoms with van der Waals surface area (Å²) in [5.74, 6) is -2.82. The van der Waals surface area contributed by atoms with E-state index in [1.54, 1.807) is 24.4 Å². The molecule has 2 bridgehead atoms. The summed E-state index contributed by atoms with van der Waals surface area (Å²) in [6, 6.07) is 10.4. The molecule has 2 aromatic carbocycles. The quantitative estimate of drug-likeness (QED) is 0.342. The smallest absolute Gasteiger partial charge is 0.309 e. The highest BCUT2D eigenvalue weighted by atomic mass is 19.2. The zero-order chi connectivity index (χ0) is 25.1. The standard InChI is InChI=1S/C27H22F3N3O3/c28-18-4-5-20-23(22(18)30)33-24(32-20)17-3-1-15(13-19(17)29)16-2-6-21(31-14-16)36-27-10-7-26(8-11-27,9-12-27)25(34)35/h1-6,13-14H,7-12H2,(H,32,33)(H,34,35). The Hall–Kier alpha value is -3.88. The van der Waals surface area contributed by atoms with Gasteiger partial charge in [-0.3, -0.25) is 4.79 Å². The summed E-state index contributed by atoms with van der Waals surface area (Å²) >= 11 is 0. The molecule has 2 heterocycles. The lowest BCUT2D eigenvalue weighted by Gasteiger charge is -2.50. The van der Waals surface area contributed by atoms with Crippen molar-refractivity contribution >= 4 is 17.0 Å². The Labute approximate surface area is 204 Å². The molecule has 36 heavy (non-hydrogen) atoms. The van der Waals surface area contributed by atoms with Crippen LogP contribution in [-0.2, 0) is 4.79 Å². The molecule has 0 spiro atoms. The number of nitrogens with zero attached hydrogens (tertiary/aromatic N) is 2. The average molecular weight is 493 g/mol. The van der Waals surface area contributed by atoms with Crippen LogP contribution in [0.2, 0.25) is 0 Å². The number of ether oxygens (including phenoxy) is 1. The number of imidazole rings is 1. The Morgan fingerprint density at radius 1 is 0.917 bits per heavy atom. The maximum absolute atomic E-state index is 15.0. The third-order valence-corrected chi connectivity index (χ3v) is 7.79. The van der Waals surface area contributed by atoms with E-state index in [1.165, 1.54) is 18.2 Å². The number of carbonyl (C=O) groups is 1. The number of aliphatic carboxylic acids is 1. The lowest BCUT2D eigenvalue weighted by atomic mass is 9.58. The first-order valence-electron chi connectivity index (χ1n) is 11.8. The minimum atomic E-state index is -1.08. The largest absolute Gasteiger partial charge is 0.481 e. The number of aromatic amines is 1. The van der Waals surface area contributed by atoms with Crippen LogP contribution < -0.4 is 4.74 Å². The summed E-state index contributed by atoms with van der Waals surface area (Å²) < 4.78 is 48.7. The zero-order valence-corrected chi connectivity index (χ0v) is 19.2. The highest BCUT2D eigenvalue weighted by Crippen LogP contribution is 2.53. The fraction of sp³-hybridized carbons (Fsp3) is 0.296. The van der Waals surface area contributed by atoms with Gasteiger partial charge in [0.25, 0.3) is 0 Å². The van der Waals surface area contributed by atoms with Gasteiger partial charge in [-0.2, -0.15) is 0 Å². The summed E-state index contributed by atoms with van der Waals surface area (Å²) in [4.78, 5) is 22.9. The summed E-state index contributed by atoms with van der Waals surface area (Å²) in [5.41, 5.74) is 0.505. The van der Waals surface area contributed by atoms with Gasteiger partial charge >= 0.3 is 5.97 Å². The van der Waals surface area contributed by atoms with E-state index in [2.05, 4.69) is 15.0 Å². The van der Waals surface area contributed by atoms with Crippen LogP contribution >= 0.6 is 0 Å². The molecule has 0 radical (unpaired) electrons. The third-order valence-electron chi connectivity index (χ3n) is 7.79. The molecule has 3 aliphatic carbocycles. The molecule has 3 aliphatic rings. The van der Waals surface area contributed by atoms with Crippen molar-refractivity contribution in [1.82, 2.24) is 15.0 Å². The van der Waals surface area contributed by atoms with Crippen molar-refractivity contribution in [2.45, 2.75) is 44.1 Å². The summed E-state index contributed by atoms with van der Waals surface area (Å²) in [6.45, 7) is 0. The van der Waals surface area contributed by atoms with Crippen molar-refractivity contribution < 1.29 is 27.8 Å². The van der Waals surface area contributed by atoms with E-state index in [4.69, 9.17) is 4.74 Å². The lowest BCUT2D eigenvalue weighted by Crippen LogP contribution is -2.52. The van der Waals surface area contributed by atoms with Crippen LogP contribution in [0.1, 0.15) is 38.5 Å². The number of rotatable bonds is 5. The van der Waals surface area contributed by atoms with Gasteiger partial charge in [0.2, 0.25) is 5.88 Å². The van der Waals surface area contributed by atoms with Gasteiger partial charge in [-0.25, -0.2) is 23.1 Å². The Morgan fingerprint density at radius 2 is 1.64 bits per heavy atom. The normalized spacial score (nSPS) is 23.2. The number of aromatic nitrogens is 3. The van der Waals surface area contributed by atoms with Crippen molar-refractivity contribution in [3.8, 4) is 28.4 Å². The predicted molar refractivity (Wildman–Crippen MR) is 126 cm³/mol. The van der Waals surface area contributed by atoms with Crippen molar-refractivity contribution in [2.75, 3.05) is 0 Å². The molecule has 0 saturated heterocycles. The number of nitrogens with one attached hydrogen (secondary N) is 1. The van der Waals surface area contributed by atoms with Crippen LogP contribution in [0.4, 0.5) is 13.2 Å². The van der Waals surface area contributed by atoms with Crippen molar-refractivity contribution in [1.29, 1.82) is 0 Å². The van der Waals surface area contributed by atoms with Crippen LogP contribution in [-0.4, -0.2) is 31.6 Å². The molecule has 3 fully saturated rings. The Bertz CT molecular complexity index is 1480. The monoisotopic (exact) mass is 493 g/mol. The molecule has 3 saturated carbocycles. The van der Waals surface area contributed by atoms with Gasteiger partial charge in [0.1, 0.15) is 22.8 Å².